The molecule has 2 aromatic rings. The minimum absolute atomic E-state index is 0.0737. The van der Waals surface area contributed by atoms with Crippen LogP contribution in [0.2, 0.25) is 0 Å². The van der Waals surface area contributed by atoms with Crippen molar-refractivity contribution in [3.8, 4) is 0 Å². The minimum atomic E-state index is -1.08. The number of benzene rings is 1. The van der Waals surface area contributed by atoms with Crippen LogP contribution in [0.25, 0.3) is 5.57 Å². The summed E-state index contributed by atoms with van der Waals surface area (Å²) in [5, 5.41) is 13.5. The summed E-state index contributed by atoms with van der Waals surface area (Å²) in [5.74, 6) is 2.05. The van der Waals surface area contributed by atoms with Gasteiger partial charge in [-0.05, 0) is 73.6 Å². The molecule has 1 fully saturated rings. The molecule has 0 spiro atoms. The molecule has 2 N–H and O–H groups in total. The second-order valence-corrected chi connectivity index (χ2v) is 11.1. The Morgan fingerprint density at radius 1 is 1.09 bits per heavy atom. The molecular formula is C25H30N4O2S. The van der Waals surface area contributed by atoms with Crippen molar-refractivity contribution >= 4 is 28.1 Å². The number of anilines is 2. The lowest BCUT2D eigenvalue weighted by Gasteiger charge is -2.42. The maximum atomic E-state index is 12.8. The highest BCUT2D eigenvalue weighted by atomic mass is 32.2. The van der Waals surface area contributed by atoms with Gasteiger partial charge >= 0.3 is 0 Å². The van der Waals surface area contributed by atoms with Crippen LogP contribution in [0, 0.1) is 0 Å². The van der Waals surface area contributed by atoms with Crippen molar-refractivity contribution < 1.29 is 9.32 Å². The fraction of sp³-hybridized carbons (Fsp3) is 0.520. The first-order valence-electron chi connectivity index (χ1n) is 11.9. The Morgan fingerprint density at radius 2 is 1.97 bits per heavy atom. The van der Waals surface area contributed by atoms with Gasteiger partial charge in [-0.1, -0.05) is 24.3 Å². The van der Waals surface area contributed by atoms with E-state index in [1.165, 1.54) is 35.1 Å². The van der Waals surface area contributed by atoms with E-state index in [1.807, 2.05) is 0 Å². The quantitative estimate of drug-likeness (QED) is 0.728. The van der Waals surface area contributed by atoms with Crippen LogP contribution in [-0.2, 0) is 30.1 Å². The van der Waals surface area contributed by atoms with Crippen LogP contribution in [0.15, 0.2) is 29.2 Å². The molecule has 7 heteroatoms. The van der Waals surface area contributed by atoms with Gasteiger partial charge in [-0.2, -0.15) is 4.98 Å². The second kappa shape index (κ2) is 7.96. The number of aryl methyl sites for hydroxylation is 3. The fourth-order valence-corrected chi connectivity index (χ4v) is 6.61. The van der Waals surface area contributed by atoms with Gasteiger partial charge in [-0.25, -0.2) is 4.98 Å². The summed E-state index contributed by atoms with van der Waals surface area (Å²) >= 11 is 0. The van der Waals surface area contributed by atoms with Crippen LogP contribution in [0.5, 0.6) is 0 Å². The van der Waals surface area contributed by atoms with Gasteiger partial charge in [0.15, 0.2) is 0 Å². The summed E-state index contributed by atoms with van der Waals surface area (Å²) in [6, 6.07) is 6.91. The molecule has 0 amide bonds. The summed E-state index contributed by atoms with van der Waals surface area (Å²) < 4.78 is 12.8. The number of rotatable bonds is 5. The van der Waals surface area contributed by atoms with Gasteiger partial charge in [0.2, 0.25) is 5.95 Å². The SMILES string of the molecule is O=S1CCCc2nc(N3CC=C(c4ccc5c(c4)CC5)CC3)nc(NC3(CO)CCC3)c21. The first-order chi connectivity index (χ1) is 15.6. The first-order valence-corrected chi connectivity index (χ1v) is 13.2. The van der Waals surface area contributed by atoms with Crippen molar-refractivity contribution in [2.75, 3.05) is 35.7 Å². The third-order valence-corrected chi connectivity index (χ3v) is 9.17. The molecule has 4 aliphatic rings. The molecule has 6 rings (SSSR count). The number of aromatic nitrogens is 2. The number of hydrogen-bond donors (Lipinski definition) is 2. The number of nitrogens with zero attached hydrogens (tertiary/aromatic N) is 3. The minimum Gasteiger partial charge on any atom is -0.394 e. The normalized spacial score (nSPS) is 23.3. The first kappa shape index (κ1) is 20.4. The molecule has 1 aromatic carbocycles. The lowest BCUT2D eigenvalue weighted by atomic mass is 9.77. The van der Waals surface area contributed by atoms with Gasteiger partial charge in [0, 0.05) is 18.8 Å². The maximum Gasteiger partial charge on any atom is 0.227 e. The number of nitrogens with one attached hydrogen (secondary N) is 1. The second-order valence-electron chi connectivity index (χ2n) is 9.63. The van der Waals surface area contributed by atoms with E-state index >= 15 is 0 Å². The van der Waals surface area contributed by atoms with E-state index < -0.39 is 10.8 Å². The summed E-state index contributed by atoms with van der Waals surface area (Å²) in [4.78, 5) is 12.7. The Kier molecular flexibility index (Phi) is 5.06. The molecule has 0 saturated heterocycles. The van der Waals surface area contributed by atoms with Gasteiger partial charge < -0.3 is 15.3 Å². The zero-order valence-electron chi connectivity index (χ0n) is 18.4. The maximum absolute atomic E-state index is 12.8. The average molecular weight is 451 g/mol. The van der Waals surface area contributed by atoms with Crippen molar-refractivity contribution in [1.82, 2.24) is 9.97 Å². The Balaban J connectivity index is 1.29. The number of aliphatic hydroxyl groups excluding tert-OH is 1. The van der Waals surface area contributed by atoms with E-state index in [0.29, 0.717) is 17.5 Å². The van der Waals surface area contributed by atoms with Crippen LogP contribution < -0.4 is 10.2 Å². The smallest absolute Gasteiger partial charge is 0.227 e. The predicted octanol–water partition coefficient (Wildman–Crippen LogP) is 3.25. The van der Waals surface area contributed by atoms with E-state index in [4.69, 9.17) is 9.97 Å². The molecule has 1 unspecified atom stereocenters. The van der Waals surface area contributed by atoms with Crippen LogP contribution in [0.1, 0.15) is 54.5 Å². The van der Waals surface area contributed by atoms with Gasteiger partial charge in [-0.3, -0.25) is 4.21 Å². The Labute approximate surface area is 191 Å². The zero-order valence-corrected chi connectivity index (χ0v) is 19.2. The van der Waals surface area contributed by atoms with Crippen LogP contribution in [0.3, 0.4) is 0 Å². The molecule has 168 valence electrons. The van der Waals surface area contributed by atoms with Crippen LogP contribution in [-0.4, -0.2) is 50.3 Å². The molecular weight excluding hydrogens is 420 g/mol. The molecule has 1 saturated carbocycles. The topological polar surface area (TPSA) is 78.4 Å². The van der Waals surface area contributed by atoms with Gasteiger partial charge in [0.1, 0.15) is 10.7 Å². The molecule has 1 aromatic heterocycles. The van der Waals surface area contributed by atoms with Crippen LogP contribution >= 0.6 is 0 Å². The van der Waals surface area contributed by atoms with Gasteiger partial charge in [0.25, 0.3) is 0 Å². The van der Waals surface area contributed by atoms with E-state index in [-0.39, 0.29) is 12.1 Å². The van der Waals surface area contributed by atoms with Crippen molar-refractivity contribution in [2.45, 2.75) is 61.8 Å². The van der Waals surface area contributed by atoms with E-state index in [9.17, 15) is 9.32 Å². The highest BCUT2D eigenvalue weighted by molar-refractivity contribution is 7.85. The Bertz CT molecular complexity index is 1120. The number of aliphatic hydroxyl groups is 1. The van der Waals surface area contributed by atoms with Crippen molar-refractivity contribution in [3.63, 3.8) is 0 Å². The fourth-order valence-electron chi connectivity index (χ4n) is 5.28. The van der Waals surface area contributed by atoms with Gasteiger partial charge in [-0.15, -0.1) is 0 Å². The molecule has 2 aliphatic heterocycles. The molecule has 0 radical (unpaired) electrons. The third kappa shape index (κ3) is 3.46. The summed E-state index contributed by atoms with van der Waals surface area (Å²) in [5.41, 5.74) is 6.33. The third-order valence-electron chi connectivity index (χ3n) is 7.62. The molecule has 32 heavy (non-hydrogen) atoms. The van der Waals surface area contributed by atoms with E-state index in [1.54, 1.807) is 0 Å². The molecule has 6 nitrogen and oxygen atoms in total. The lowest BCUT2D eigenvalue weighted by Crippen LogP contribution is -2.49. The Morgan fingerprint density at radius 3 is 2.62 bits per heavy atom. The Hall–Kier alpha value is -2.25. The largest absolute Gasteiger partial charge is 0.394 e. The van der Waals surface area contributed by atoms with Crippen LogP contribution in [0.4, 0.5) is 11.8 Å². The predicted molar refractivity (Wildman–Crippen MR) is 128 cm³/mol. The monoisotopic (exact) mass is 450 g/mol. The van der Waals surface area contributed by atoms with E-state index in [0.717, 1.165) is 62.2 Å². The molecule has 1 atom stereocenters. The highest BCUT2D eigenvalue weighted by Gasteiger charge is 2.38. The summed E-state index contributed by atoms with van der Waals surface area (Å²) in [6.45, 7) is 1.72. The number of fused-ring (bicyclic) bond motifs is 2. The molecule has 2 aliphatic carbocycles. The highest BCUT2D eigenvalue weighted by Crippen LogP contribution is 2.38. The zero-order chi connectivity index (χ0) is 21.7. The van der Waals surface area contributed by atoms with Crippen molar-refractivity contribution in [1.29, 1.82) is 0 Å². The molecule has 0 bridgehead atoms. The van der Waals surface area contributed by atoms with E-state index in [2.05, 4.69) is 34.5 Å². The molecule has 3 heterocycles. The summed E-state index contributed by atoms with van der Waals surface area (Å²) in [6.07, 6.45) is 10.4. The number of hydrogen-bond acceptors (Lipinski definition) is 6. The average Bonchev–Trinajstić information content (AvgIpc) is 2.77. The van der Waals surface area contributed by atoms with Crippen molar-refractivity contribution in [3.05, 3.63) is 46.7 Å². The van der Waals surface area contributed by atoms with Crippen molar-refractivity contribution in [2.24, 2.45) is 0 Å². The summed E-state index contributed by atoms with van der Waals surface area (Å²) in [7, 11) is -1.08. The lowest BCUT2D eigenvalue weighted by molar-refractivity contribution is 0.143. The standard InChI is InChI=1S/C25H30N4O2S/c30-16-25(10-2-11-25)28-23-22-21(3-1-14-32(22)31)26-24(27-23)29-12-8-18(9-13-29)20-7-5-17-4-6-19(17)15-20/h5,7-8,15,30H,1-4,6,9-14,16H2,(H,26,27,28). The van der Waals surface area contributed by atoms with Gasteiger partial charge in [0.05, 0.1) is 28.6 Å².